The van der Waals surface area contributed by atoms with Crippen LogP contribution in [0.2, 0.25) is 10.0 Å². The standard InChI is InChI=1S/C25H20Cl2N2O2/c26-21-11-7-17(15-22(21)27)8-12-23-20-3-1-2-4-24(20)29(14-13-28-23)16-18-5-9-19(10-6-18)25(30)31/h1-12,15H,13-14,16H2,(H,30,31)/p-1/b12-8+. The third-order valence-corrected chi connectivity index (χ3v) is 5.85. The summed E-state index contributed by atoms with van der Waals surface area (Å²) in [5, 5.41) is 12.0. The summed E-state index contributed by atoms with van der Waals surface area (Å²) in [7, 11) is 0. The molecule has 0 amide bonds. The van der Waals surface area contributed by atoms with Gasteiger partial charge in [-0.2, -0.15) is 0 Å². The predicted molar refractivity (Wildman–Crippen MR) is 125 cm³/mol. The van der Waals surface area contributed by atoms with E-state index in [9.17, 15) is 9.90 Å². The Morgan fingerprint density at radius 2 is 1.77 bits per heavy atom. The van der Waals surface area contributed by atoms with Crippen molar-refractivity contribution in [2.75, 3.05) is 18.0 Å². The van der Waals surface area contributed by atoms with Crippen LogP contribution in [-0.2, 0) is 6.54 Å². The van der Waals surface area contributed by atoms with Gasteiger partial charge in [0.1, 0.15) is 0 Å². The molecular formula is C25H19Cl2N2O2-. The van der Waals surface area contributed by atoms with Gasteiger partial charge in [-0.25, -0.2) is 0 Å². The summed E-state index contributed by atoms with van der Waals surface area (Å²) in [6.45, 7) is 2.06. The van der Waals surface area contributed by atoms with Crippen LogP contribution in [0.5, 0.6) is 0 Å². The lowest BCUT2D eigenvalue weighted by Crippen LogP contribution is -2.26. The normalized spacial score (nSPS) is 13.6. The molecular weight excluding hydrogens is 431 g/mol. The van der Waals surface area contributed by atoms with E-state index in [0.717, 1.165) is 34.6 Å². The lowest BCUT2D eigenvalue weighted by atomic mass is 10.0. The van der Waals surface area contributed by atoms with E-state index in [1.165, 1.54) is 0 Å². The van der Waals surface area contributed by atoms with Crippen LogP contribution in [0.25, 0.3) is 6.08 Å². The van der Waals surface area contributed by atoms with Crippen LogP contribution in [0.3, 0.4) is 0 Å². The van der Waals surface area contributed by atoms with Crippen molar-refractivity contribution in [3.63, 3.8) is 0 Å². The maximum Gasteiger partial charge on any atom is 0.0715 e. The summed E-state index contributed by atoms with van der Waals surface area (Å²) in [4.78, 5) is 18.0. The number of allylic oxidation sites excluding steroid dienone is 1. The number of benzene rings is 3. The summed E-state index contributed by atoms with van der Waals surface area (Å²) >= 11 is 12.1. The fraction of sp³-hybridized carbons (Fsp3) is 0.120. The minimum Gasteiger partial charge on any atom is -0.545 e. The molecule has 1 aliphatic rings. The zero-order valence-electron chi connectivity index (χ0n) is 16.6. The molecule has 6 heteroatoms. The third-order valence-electron chi connectivity index (χ3n) is 5.11. The fourth-order valence-electron chi connectivity index (χ4n) is 3.53. The Morgan fingerprint density at radius 1 is 1.00 bits per heavy atom. The Labute approximate surface area is 191 Å². The first-order chi connectivity index (χ1) is 15.0. The van der Waals surface area contributed by atoms with Crippen molar-refractivity contribution in [1.29, 1.82) is 0 Å². The number of nitrogens with zero attached hydrogens (tertiary/aromatic N) is 2. The van der Waals surface area contributed by atoms with Crippen LogP contribution >= 0.6 is 23.2 Å². The molecule has 4 rings (SSSR count). The van der Waals surface area contributed by atoms with E-state index in [1.54, 1.807) is 18.2 Å². The highest BCUT2D eigenvalue weighted by atomic mass is 35.5. The van der Waals surface area contributed by atoms with Crippen molar-refractivity contribution in [1.82, 2.24) is 0 Å². The number of benzodiazepines with no additional fused rings is 1. The number of aromatic carboxylic acids is 1. The van der Waals surface area contributed by atoms with Gasteiger partial charge in [-0.1, -0.05) is 77.8 Å². The summed E-state index contributed by atoms with van der Waals surface area (Å²) in [5.74, 6) is -1.17. The molecule has 0 radical (unpaired) electrons. The average molecular weight is 450 g/mol. The first-order valence-electron chi connectivity index (χ1n) is 9.83. The minimum absolute atomic E-state index is 0.179. The molecule has 1 aliphatic heterocycles. The number of carbonyl (C=O) groups excluding carboxylic acids is 1. The molecule has 0 atom stereocenters. The van der Waals surface area contributed by atoms with Gasteiger partial charge < -0.3 is 14.8 Å². The Hall–Kier alpha value is -3.08. The van der Waals surface area contributed by atoms with E-state index in [-0.39, 0.29) is 5.56 Å². The maximum absolute atomic E-state index is 11.0. The zero-order chi connectivity index (χ0) is 21.8. The molecule has 4 nitrogen and oxygen atoms in total. The average Bonchev–Trinajstić information content (AvgIpc) is 2.94. The topological polar surface area (TPSA) is 55.7 Å². The van der Waals surface area contributed by atoms with Gasteiger partial charge in [-0.15, -0.1) is 0 Å². The SMILES string of the molecule is O=C([O-])c1ccc(CN2CCN=C(/C=C/c3ccc(Cl)c(Cl)c3)c3ccccc32)cc1. The summed E-state index contributed by atoms with van der Waals surface area (Å²) in [6, 6.07) is 20.5. The van der Waals surface area contributed by atoms with Crippen molar-refractivity contribution < 1.29 is 9.90 Å². The van der Waals surface area contributed by atoms with Gasteiger partial charge in [0, 0.05) is 24.3 Å². The van der Waals surface area contributed by atoms with E-state index in [4.69, 9.17) is 28.2 Å². The first kappa shape index (κ1) is 21.2. The number of carbonyl (C=O) groups is 1. The second-order valence-electron chi connectivity index (χ2n) is 7.20. The number of carboxylic acids is 1. The summed E-state index contributed by atoms with van der Waals surface area (Å²) in [5.41, 5.74) is 5.18. The second-order valence-corrected chi connectivity index (χ2v) is 8.01. The van der Waals surface area contributed by atoms with Gasteiger partial charge in [-0.05, 0) is 41.0 Å². The van der Waals surface area contributed by atoms with E-state index in [1.807, 2.05) is 48.6 Å². The number of fused-ring (bicyclic) bond motifs is 1. The predicted octanol–water partition coefficient (Wildman–Crippen LogP) is 4.88. The van der Waals surface area contributed by atoms with Crippen LogP contribution in [0, 0.1) is 0 Å². The van der Waals surface area contributed by atoms with E-state index in [0.29, 0.717) is 23.1 Å². The van der Waals surface area contributed by atoms with Crippen LogP contribution in [-0.4, -0.2) is 24.8 Å². The Bertz CT molecular complexity index is 1170. The van der Waals surface area contributed by atoms with Gasteiger partial charge in [0.15, 0.2) is 0 Å². The molecule has 0 aliphatic carbocycles. The fourth-order valence-corrected chi connectivity index (χ4v) is 3.83. The second kappa shape index (κ2) is 9.38. The molecule has 3 aromatic rings. The molecule has 0 saturated heterocycles. The van der Waals surface area contributed by atoms with E-state index >= 15 is 0 Å². The lowest BCUT2D eigenvalue weighted by Gasteiger charge is -2.25. The van der Waals surface area contributed by atoms with Crippen molar-refractivity contribution in [3.8, 4) is 0 Å². The van der Waals surface area contributed by atoms with Gasteiger partial charge in [0.25, 0.3) is 0 Å². The number of hydrogen-bond acceptors (Lipinski definition) is 4. The molecule has 156 valence electrons. The maximum atomic E-state index is 11.0. The van der Waals surface area contributed by atoms with Gasteiger partial charge in [0.2, 0.25) is 0 Å². The molecule has 0 aromatic heterocycles. The number of para-hydroxylation sites is 1. The number of rotatable bonds is 5. The number of carboxylic acid groups (broad SMARTS) is 1. The molecule has 0 spiro atoms. The van der Waals surface area contributed by atoms with Crippen LogP contribution in [0.1, 0.15) is 27.0 Å². The van der Waals surface area contributed by atoms with Gasteiger partial charge in [-0.3, -0.25) is 4.99 Å². The zero-order valence-corrected chi connectivity index (χ0v) is 18.1. The molecule has 0 unspecified atom stereocenters. The monoisotopic (exact) mass is 449 g/mol. The third kappa shape index (κ3) is 4.98. The molecule has 31 heavy (non-hydrogen) atoms. The Balaban J connectivity index is 1.59. The number of hydrogen-bond donors (Lipinski definition) is 0. The highest BCUT2D eigenvalue weighted by Crippen LogP contribution is 2.27. The Kier molecular flexibility index (Phi) is 6.40. The minimum atomic E-state index is -1.17. The van der Waals surface area contributed by atoms with Crippen molar-refractivity contribution in [3.05, 3.63) is 105 Å². The molecule has 0 saturated carbocycles. The number of aliphatic imine (C=N–C) groups is 1. The van der Waals surface area contributed by atoms with Crippen LogP contribution in [0.4, 0.5) is 5.69 Å². The van der Waals surface area contributed by atoms with E-state index in [2.05, 4.69) is 17.0 Å². The van der Waals surface area contributed by atoms with Crippen LogP contribution in [0.15, 0.2) is 77.8 Å². The van der Waals surface area contributed by atoms with E-state index < -0.39 is 5.97 Å². The largest absolute Gasteiger partial charge is 0.545 e. The van der Waals surface area contributed by atoms with Gasteiger partial charge in [0.05, 0.1) is 28.3 Å². The smallest absolute Gasteiger partial charge is 0.0715 e. The molecule has 0 N–H and O–H groups in total. The molecule has 1 heterocycles. The highest BCUT2D eigenvalue weighted by molar-refractivity contribution is 6.42. The Morgan fingerprint density at radius 3 is 2.52 bits per heavy atom. The summed E-state index contributed by atoms with van der Waals surface area (Å²) in [6.07, 6.45) is 3.97. The lowest BCUT2D eigenvalue weighted by molar-refractivity contribution is -0.255. The molecule has 0 bridgehead atoms. The van der Waals surface area contributed by atoms with Crippen molar-refractivity contribution >= 4 is 46.6 Å². The van der Waals surface area contributed by atoms with Crippen LogP contribution < -0.4 is 10.0 Å². The first-order valence-corrected chi connectivity index (χ1v) is 10.6. The highest BCUT2D eigenvalue weighted by Gasteiger charge is 2.17. The number of anilines is 1. The summed E-state index contributed by atoms with van der Waals surface area (Å²) < 4.78 is 0. The van der Waals surface area contributed by atoms with Gasteiger partial charge >= 0.3 is 0 Å². The quantitative estimate of drug-likeness (QED) is 0.557. The van der Waals surface area contributed by atoms with Crippen molar-refractivity contribution in [2.45, 2.75) is 6.54 Å². The molecule has 0 fully saturated rings. The van der Waals surface area contributed by atoms with Crippen molar-refractivity contribution in [2.24, 2.45) is 4.99 Å². The molecule has 3 aromatic carbocycles. The number of halogens is 2.